The summed E-state index contributed by atoms with van der Waals surface area (Å²) in [6.45, 7) is 3.66. The molecule has 1 fully saturated rings. The first kappa shape index (κ1) is 15.8. The van der Waals surface area contributed by atoms with E-state index in [4.69, 9.17) is 4.74 Å². The number of aryl methyl sites for hydroxylation is 1. The van der Waals surface area contributed by atoms with Crippen LogP contribution in [0.25, 0.3) is 0 Å². The molecule has 1 aromatic rings. The van der Waals surface area contributed by atoms with Gasteiger partial charge >= 0.3 is 0 Å². The number of aliphatic hydroxyl groups excluding tert-OH is 1. The Hall–Kier alpha value is -1.55. The van der Waals surface area contributed by atoms with E-state index in [-0.39, 0.29) is 12.5 Å². The van der Waals surface area contributed by atoms with E-state index in [9.17, 15) is 9.90 Å². The first-order valence-corrected chi connectivity index (χ1v) is 7.77. The van der Waals surface area contributed by atoms with E-state index in [1.54, 1.807) is 6.92 Å². The van der Waals surface area contributed by atoms with E-state index in [0.717, 1.165) is 24.0 Å². The minimum Gasteiger partial charge on any atom is -0.483 e. The topological polar surface area (TPSA) is 58.6 Å². The molecule has 2 rings (SSSR count). The number of rotatable bonds is 5. The molecule has 0 aliphatic heterocycles. The normalized spacial score (nSPS) is 17.3. The number of carbonyl (C=O) groups excluding carboxylic acids is 1. The molecule has 4 heteroatoms. The third kappa shape index (κ3) is 4.74. The molecule has 1 atom stereocenters. The summed E-state index contributed by atoms with van der Waals surface area (Å²) in [6, 6.07) is 5.91. The maximum absolute atomic E-state index is 11.9. The van der Waals surface area contributed by atoms with Gasteiger partial charge in [-0.3, -0.25) is 4.79 Å². The molecule has 0 radical (unpaired) electrons. The lowest BCUT2D eigenvalue weighted by atomic mass is 9.95. The molecule has 1 aliphatic carbocycles. The van der Waals surface area contributed by atoms with Crippen molar-refractivity contribution in [3.63, 3.8) is 0 Å². The van der Waals surface area contributed by atoms with Crippen LogP contribution in [0, 0.1) is 6.92 Å². The number of hydrogen-bond acceptors (Lipinski definition) is 3. The van der Waals surface area contributed by atoms with Crippen molar-refractivity contribution in [1.29, 1.82) is 0 Å². The van der Waals surface area contributed by atoms with Gasteiger partial charge in [-0.2, -0.15) is 0 Å². The fourth-order valence-electron chi connectivity index (χ4n) is 2.79. The molecule has 0 bridgehead atoms. The molecule has 21 heavy (non-hydrogen) atoms. The highest BCUT2D eigenvalue weighted by Crippen LogP contribution is 2.26. The Labute approximate surface area is 126 Å². The molecule has 116 valence electrons. The standard InChI is InChI=1S/C17H25NO3/c1-12-8-9-16(15(10-12)13(2)19)21-11-17(20)18-14-6-4-3-5-7-14/h8-10,13-14,19H,3-7,11H2,1-2H3,(H,18,20). The van der Waals surface area contributed by atoms with Crippen LogP contribution in [0.5, 0.6) is 5.75 Å². The van der Waals surface area contributed by atoms with Crippen LogP contribution in [0.15, 0.2) is 18.2 Å². The zero-order valence-electron chi connectivity index (χ0n) is 12.9. The Morgan fingerprint density at radius 1 is 1.38 bits per heavy atom. The van der Waals surface area contributed by atoms with Gasteiger partial charge in [0.2, 0.25) is 0 Å². The number of ether oxygens (including phenoxy) is 1. The number of aliphatic hydroxyl groups is 1. The van der Waals surface area contributed by atoms with E-state index in [2.05, 4.69) is 5.32 Å². The van der Waals surface area contributed by atoms with Crippen molar-refractivity contribution < 1.29 is 14.6 Å². The summed E-state index contributed by atoms with van der Waals surface area (Å²) in [5, 5.41) is 12.8. The third-order valence-electron chi connectivity index (χ3n) is 3.94. The van der Waals surface area contributed by atoms with Crippen LogP contribution in [0.4, 0.5) is 0 Å². The SMILES string of the molecule is Cc1ccc(OCC(=O)NC2CCCCC2)c(C(C)O)c1. The predicted molar refractivity (Wildman–Crippen MR) is 82.3 cm³/mol. The number of benzene rings is 1. The highest BCUT2D eigenvalue weighted by molar-refractivity contribution is 5.77. The zero-order chi connectivity index (χ0) is 15.2. The quantitative estimate of drug-likeness (QED) is 0.877. The van der Waals surface area contributed by atoms with E-state index < -0.39 is 6.10 Å². The Kier molecular flexibility index (Phi) is 5.62. The van der Waals surface area contributed by atoms with Gasteiger partial charge in [-0.15, -0.1) is 0 Å². The van der Waals surface area contributed by atoms with E-state index in [1.165, 1.54) is 19.3 Å². The van der Waals surface area contributed by atoms with Gasteiger partial charge in [-0.1, -0.05) is 30.9 Å². The summed E-state index contributed by atoms with van der Waals surface area (Å²) in [5.74, 6) is 0.494. The predicted octanol–water partition coefficient (Wildman–Crippen LogP) is 2.88. The Morgan fingerprint density at radius 2 is 2.10 bits per heavy atom. The van der Waals surface area contributed by atoms with Crippen molar-refractivity contribution in [2.45, 2.75) is 58.1 Å². The molecular formula is C17H25NO3. The summed E-state index contributed by atoms with van der Waals surface area (Å²) in [5.41, 5.74) is 1.78. The Morgan fingerprint density at radius 3 is 2.76 bits per heavy atom. The fourth-order valence-corrected chi connectivity index (χ4v) is 2.79. The second-order valence-electron chi connectivity index (χ2n) is 5.91. The van der Waals surface area contributed by atoms with Crippen molar-refractivity contribution in [2.75, 3.05) is 6.61 Å². The van der Waals surface area contributed by atoms with Gasteiger partial charge in [0.25, 0.3) is 5.91 Å². The van der Waals surface area contributed by atoms with E-state index >= 15 is 0 Å². The summed E-state index contributed by atoms with van der Waals surface area (Å²) < 4.78 is 5.58. The molecule has 0 aromatic heterocycles. The van der Waals surface area contributed by atoms with Gasteiger partial charge in [0.15, 0.2) is 6.61 Å². The van der Waals surface area contributed by atoms with Gasteiger partial charge < -0.3 is 15.2 Å². The Balaban J connectivity index is 1.88. The maximum Gasteiger partial charge on any atom is 0.258 e. The van der Waals surface area contributed by atoms with Gasteiger partial charge in [0.05, 0.1) is 6.10 Å². The smallest absolute Gasteiger partial charge is 0.258 e. The number of carbonyl (C=O) groups is 1. The monoisotopic (exact) mass is 291 g/mol. The van der Waals surface area contributed by atoms with Gasteiger partial charge in [-0.25, -0.2) is 0 Å². The average molecular weight is 291 g/mol. The number of hydrogen-bond donors (Lipinski definition) is 2. The number of amides is 1. The van der Waals surface area contributed by atoms with Gasteiger partial charge in [0, 0.05) is 11.6 Å². The molecule has 1 amide bonds. The lowest BCUT2D eigenvalue weighted by Crippen LogP contribution is -2.39. The van der Waals surface area contributed by atoms with Gasteiger partial charge in [0.1, 0.15) is 5.75 Å². The zero-order valence-corrected chi connectivity index (χ0v) is 12.9. The lowest BCUT2D eigenvalue weighted by molar-refractivity contribution is -0.124. The second-order valence-corrected chi connectivity index (χ2v) is 5.91. The molecule has 0 spiro atoms. The highest BCUT2D eigenvalue weighted by Gasteiger charge is 2.16. The molecule has 1 unspecified atom stereocenters. The average Bonchev–Trinajstić information content (AvgIpc) is 2.47. The first-order chi connectivity index (χ1) is 10.1. The summed E-state index contributed by atoms with van der Waals surface area (Å²) in [4.78, 5) is 11.9. The molecule has 2 N–H and O–H groups in total. The van der Waals surface area contributed by atoms with Gasteiger partial charge in [-0.05, 0) is 38.8 Å². The van der Waals surface area contributed by atoms with Crippen LogP contribution in [0.1, 0.15) is 56.3 Å². The maximum atomic E-state index is 11.9. The van der Waals surface area contributed by atoms with Crippen molar-refractivity contribution in [2.24, 2.45) is 0 Å². The summed E-state index contributed by atoms with van der Waals surface area (Å²) in [6.07, 6.45) is 5.17. The van der Waals surface area contributed by atoms with Crippen LogP contribution in [0.3, 0.4) is 0 Å². The van der Waals surface area contributed by atoms with Crippen molar-refractivity contribution >= 4 is 5.91 Å². The summed E-state index contributed by atoms with van der Waals surface area (Å²) in [7, 11) is 0. The van der Waals surface area contributed by atoms with E-state index in [0.29, 0.717) is 11.8 Å². The van der Waals surface area contributed by atoms with Crippen molar-refractivity contribution in [1.82, 2.24) is 5.32 Å². The van der Waals surface area contributed by atoms with Crippen LogP contribution < -0.4 is 10.1 Å². The lowest BCUT2D eigenvalue weighted by Gasteiger charge is -2.23. The Bertz CT molecular complexity index is 479. The molecule has 0 saturated heterocycles. The third-order valence-corrected chi connectivity index (χ3v) is 3.94. The van der Waals surface area contributed by atoms with Crippen LogP contribution in [0.2, 0.25) is 0 Å². The van der Waals surface area contributed by atoms with Crippen molar-refractivity contribution in [3.8, 4) is 5.75 Å². The van der Waals surface area contributed by atoms with Crippen LogP contribution >= 0.6 is 0 Å². The second kappa shape index (κ2) is 7.46. The number of nitrogens with one attached hydrogen (secondary N) is 1. The molecule has 1 aliphatic rings. The van der Waals surface area contributed by atoms with E-state index in [1.807, 2.05) is 25.1 Å². The van der Waals surface area contributed by atoms with Crippen LogP contribution in [-0.4, -0.2) is 23.7 Å². The van der Waals surface area contributed by atoms with Crippen molar-refractivity contribution in [3.05, 3.63) is 29.3 Å². The molecule has 4 nitrogen and oxygen atoms in total. The molecule has 1 saturated carbocycles. The first-order valence-electron chi connectivity index (χ1n) is 7.77. The largest absolute Gasteiger partial charge is 0.483 e. The minimum atomic E-state index is -0.610. The summed E-state index contributed by atoms with van der Waals surface area (Å²) >= 11 is 0. The fraction of sp³-hybridized carbons (Fsp3) is 0.588. The van der Waals surface area contributed by atoms with Crippen LogP contribution in [-0.2, 0) is 4.79 Å². The molecule has 1 aromatic carbocycles. The molecule has 0 heterocycles. The highest BCUT2D eigenvalue weighted by atomic mass is 16.5. The molecular weight excluding hydrogens is 266 g/mol. The minimum absolute atomic E-state index is 0.000713.